The van der Waals surface area contributed by atoms with Gasteiger partial charge in [0.15, 0.2) is 5.13 Å². The number of carbonyl (C=O) groups is 1. The molecule has 2 aromatic heterocycles. The lowest BCUT2D eigenvalue weighted by molar-refractivity contribution is 0.0957. The number of thiazole rings is 1. The molecule has 29 heavy (non-hydrogen) atoms. The smallest absolute Gasteiger partial charge is 0.269 e. The van der Waals surface area contributed by atoms with Gasteiger partial charge in [-0.2, -0.15) is 0 Å². The second-order valence-electron chi connectivity index (χ2n) is 7.21. The van der Waals surface area contributed by atoms with E-state index in [-0.39, 0.29) is 18.1 Å². The van der Waals surface area contributed by atoms with E-state index >= 15 is 0 Å². The first-order valence-corrected chi connectivity index (χ1v) is 10.5. The maximum atomic E-state index is 11.8. The second kappa shape index (κ2) is 8.34. The number of anilines is 1. The number of nitrogens with one attached hydrogen (secondary N) is 1. The van der Waals surface area contributed by atoms with E-state index in [4.69, 9.17) is 9.72 Å². The zero-order chi connectivity index (χ0) is 20.4. The van der Waals surface area contributed by atoms with Crippen LogP contribution in [0.3, 0.4) is 0 Å². The largest absolute Gasteiger partial charge is 0.457 e. The van der Waals surface area contributed by atoms with Crippen LogP contribution < -0.4 is 15.0 Å². The van der Waals surface area contributed by atoms with Crippen LogP contribution in [0.4, 0.5) is 5.13 Å². The minimum absolute atomic E-state index is 0.111. The Morgan fingerprint density at radius 1 is 1.24 bits per heavy atom. The number of carbonyl (C=O) groups excluding carboxylic acids is 1. The van der Waals surface area contributed by atoms with Gasteiger partial charge in [-0.05, 0) is 31.0 Å². The molecule has 8 heteroatoms. The molecule has 0 spiro atoms. The van der Waals surface area contributed by atoms with Gasteiger partial charge in [-0.3, -0.25) is 9.78 Å². The normalized spacial score (nSPS) is 19.1. The van der Waals surface area contributed by atoms with Gasteiger partial charge in [0.2, 0.25) is 0 Å². The summed E-state index contributed by atoms with van der Waals surface area (Å²) in [4.78, 5) is 22.6. The minimum atomic E-state index is -0.305. The Labute approximate surface area is 173 Å². The number of benzene rings is 1. The number of likely N-dealkylation sites (N-methyl/N-ethyl adjacent to an activating group) is 1. The van der Waals surface area contributed by atoms with E-state index in [1.54, 1.807) is 36.7 Å². The molecule has 1 aliphatic carbocycles. The molecule has 2 heterocycles. The number of ether oxygens (including phenoxy) is 1. The first-order valence-electron chi connectivity index (χ1n) is 9.72. The van der Waals surface area contributed by atoms with Gasteiger partial charge in [0.25, 0.3) is 5.91 Å². The summed E-state index contributed by atoms with van der Waals surface area (Å²) in [5.41, 5.74) is 1.20. The Hall–Kier alpha value is -2.71. The minimum Gasteiger partial charge on any atom is -0.457 e. The molecule has 0 unspecified atom stereocenters. The van der Waals surface area contributed by atoms with Crippen LogP contribution in [-0.4, -0.2) is 47.2 Å². The topological polar surface area (TPSA) is 87.6 Å². The monoisotopic (exact) mass is 412 g/mol. The first-order chi connectivity index (χ1) is 14.0. The Balaban J connectivity index is 1.55. The molecule has 7 nitrogen and oxygen atoms in total. The van der Waals surface area contributed by atoms with Gasteiger partial charge in [0.05, 0.1) is 22.4 Å². The average molecular weight is 413 g/mol. The van der Waals surface area contributed by atoms with Gasteiger partial charge in [-0.15, -0.1) is 0 Å². The average Bonchev–Trinajstić information content (AvgIpc) is 3.16. The van der Waals surface area contributed by atoms with E-state index in [1.807, 2.05) is 25.2 Å². The number of aromatic nitrogens is 2. The van der Waals surface area contributed by atoms with Crippen LogP contribution in [0.25, 0.3) is 10.2 Å². The number of pyridine rings is 1. The zero-order valence-electron chi connectivity index (χ0n) is 16.5. The molecule has 1 aliphatic rings. The molecule has 3 aromatic rings. The molecule has 1 fully saturated rings. The fourth-order valence-corrected chi connectivity index (χ4v) is 4.67. The third-order valence-electron chi connectivity index (χ3n) is 5.27. The van der Waals surface area contributed by atoms with Crippen molar-refractivity contribution in [3.63, 3.8) is 0 Å². The van der Waals surface area contributed by atoms with E-state index in [1.165, 1.54) is 0 Å². The number of aliphatic hydroxyl groups is 1. The van der Waals surface area contributed by atoms with E-state index in [9.17, 15) is 9.90 Å². The molecule has 152 valence electrons. The van der Waals surface area contributed by atoms with Gasteiger partial charge >= 0.3 is 0 Å². The third kappa shape index (κ3) is 4.18. The van der Waals surface area contributed by atoms with Gasteiger partial charge in [-0.25, -0.2) is 4.98 Å². The lowest BCUT2D eigenvalue weighted by Crippen LogP contribution is -2.43. The quantitative estimate of drug-likeness (QED) is 0.666. The summed E-state index contributed by atoms with van der Waals surface area (Å²) in [6.45, 7) is 0. The first kappa shape index (κ1) is 19.6. The number of nitrogens with zero attached hydrogens (tertiary/aromatic N) is 3. The summed E-state index contributed by atoms with van der Waals surface area (Å²) in [5, 5.41) is 13.8. The Morgan fingerprint density at radius 2 is 2.03 bits per heavy atom. The summed E-state index contributed by atoms with van der Waals surface area (Å²) in [7, 11) is 3.57. The van der Waals surface area contributed by atoms with Crippen molar-refractivity contribution in [2.75, 3.05) is 19.0 Å². The Morgan fingerprint density at radius 3 is 2.83 bits per heavy atom. The number of rotatable bonds is 5. The van der Waals surface area contributed by atoms with E-state index in [0.29, 0.717) is 17.2 Å². The van der Waals surface area contributed by atoms with Crippen molar-refractivity contribution in [3.05, 3.63) is 42.2 Å². The highest BCUT2D eigenvalue weighted by Crippen LogP contribution is 2.35. The fraction of sp³-hybridized carbons (Fsp3) is 0.381. The highest BCUT2D eigenvalue weighted by atomic mass is 32.1. The van der Waals surface area contributed by atoms with Crippen LogP contribution in [-0.2, 0) is 0 Å². The van der Waals surface area contributed by atoms with Gasteiger partial charge in [0.1, 0.15) is 17.2 Å². The molecule has 2 atom stereocenters. The van der Waals surface area contributed by atoms with Crippen molar-refractivity contribution in [3.8, 4) is 11.5 Å². The molecule has 0 saturated heterocycles. The summed E-state index contributed by atoms with van der Waals surface area (Å²) in [6.07, 6.45) is 5.30. The predicted octanol–water partition coefficient (Wildman–Crippen LogP) is 3.58. The van der Waals surface area contributed by atoms with Crippen LogP contribution in [0.1, 0.15) is 36.2 Å². The van der Waals surface area contributed by atoms with E-state index in [2.05, 4.69) is 15.2 Å². The summed E-state index contributed by atoms with van der Waals surface area (Å²) < 4.78 is 6.94. The van der Waals surface area contributed by atoms with Crippen LogP contribution in [0.15, 0.2) is 36.5 Å². The molecule has 1 amide bonds. The number of hydrogen-bond acceptors (Lipinski definition) is 7. The third-order valence-corrected chi connectivity index (χ3v) is 6.38. The molecular formula is C21H24N4O3S. The SMILES string of the molecule is CNC(=O)c1cc(Oc2ccc3nc(N(C)[C@@H]4CCCC[C@H]4O)sc3c2)ccn1. The second-order valence-corrected chi connectivity index (χ2v) is 8.22. The van der Waals surface area contributed by atoms with Crippen molar-refractivity contribution >= 4 is 32.6 Å². The molecule has 1 saturated carbocycles. The van der Waals surface area contributed by atoms with Crippen molar-refractivity contribution in [2.24, 2.45) is 0 Å². The zero-order valence-corrected chi connectivity index (χ0v) is 17.3. The van der Waals surface area contributed by atoms with E-state index < -0.39 is 0 Å². The van der Waals surface area contributed by atoms with Crippen LogP contribution in [0.5, 0.6) is 11.5 Å². The lowest BCUT2D eigenvalue weighted by atomic mass is 9.92. The van der Waals surface area contributed by atoms with Crippen molar-refractivity contribution in [2.45, 2.75) is 37.8 Å². The molecular weight excluding hydrogens is 388 g/mol. The number of hydrogen-bond donors (Lipinski definition) is 2. The Bertz CT molecular complexity index is 1020. The predicted molar refractivity (Wildman–Crippen MR) is 114 cm³/mol. The van der Waals surface area contributed by atoms with E-state index in [0.717, 1.165) is 41.0 Å². The molecule has 0 bridgehead atoms. The van der Waals surface area contributed by atoms with Crippen molar-refractivity contribution < 1.29 is 14.6 Å². The Kier molecular flexibility index (Phi) is 5.64. The highest BCUT2D eigenvalue weighted by Gasteiger charge is 2.28. The maximum Gasteiger partial charge on any atom is 0.269 e. The molecule has 2 N–H and O–H groups in total. The molecule has 0 radical (unpaired) electrons. The number of aliphatic hydroxyl groups excluding tert-OH is 1. The van der Waals surface area contributed by atoms with Crippen molar-refractivity contribution in [1.29, 1.82) is 0 Å². The van der Waals surface area contributed by atoms with Crippen LogP contribution >= 0.6 is 11.3 Å². The molecule has 0 aliphatic heterocycles. The standard InChI is InChI=1S/C21H24N4O3S/c1-22-20(27)16-11-14(9-10-23-16)28-13-7-8-15-19(12-13)29-21(24-15)25(2)17-5-3-4-6-18(17)26/h7-12,17-18,26H,3-6H2,1-2H3,(H,22,27)/t17-,18-/m1/s1. The van der Waals surface area contributed by atoms with Crippen LogP contribution in [0, 0.1) is 0 Å². The summed E-state index contributed by atoms with van der Waals surface area (Å²) in [6, 6.07) is 9.17. The number of fused-ring (bicyclic) bond motifs is 1. The van der Waals surface area contributed by atoms with Gasteiger partial charge in [0, 0.05) is 32.4 Å². The summed E-state index contributed by atoms with van der Waals surface area (Å²) >= 11 is 1.58. The fourth-order valence-electron chi connectivity index (χ4n) is 3.66. The summed E-state index contributed by atoms with van der Waals surface area (Å²) in [5.74, 6) is 0.957. The molecule has 1 aromatic carbocycles. The van der Waals surface area contributed by atoms with Gasteiger partial charge < -0.3 is 20.1 Å². The number of amides is 1. The van der Waals surface area contributed by atoms with Gasteiger partial charge in [-0.1, -0.05) is 24.2 Å². The maximum absolute atomic E-state index is 11.8. The molecule has 4 rings (SSSR count). The lowest BCUT2D eigenvalue weighted by Gasteiger charge is -2.34. The van der Waals surface area contributed by atoms with Crippen LogP contribution in [0.2, 0.25) is 0 Å². The van der Waals surface area contributed by atoms with Crippen molar-refractivity contribution in [1.82, 2.24) is 15.3 Å². The highest BCUT2D eigenvalue weighted by molar-refractivity contribution is 7.22.